The van der Waals surface area contributed by atoms with Crippen molar-refractivity contribution in [2.75, 3.05) is 6.54 Å². The molecule has 98 valence electrons. The third-order valence-electron chi connectivity index (χ3n) is 2.88. The van der Waals surface area contributed by atoms with Crippen LogP contribution in [0.25, 0.3) is 11.1 Å². The lowest BCUT2D eigenvalue weighted by Crippen LogP contribution is -2.27. The summed E-state index contributed by atoms with van der Waals surface area (Å²) in [6.07, 6.45) is -0.567. The predicted octanol–water partition coefficient (Wildman–Crippen LogP) is 3.20. The van der Waals surface area contributed by atoms with E-state index in [1.807, 2.05) is 0 Å². The molecule has 2 aromatic carbocycles. The van der Waals surface area contributed by atoms with Crippen LogP contribution in [0, 0.1) is 5.82 Å². The van der Waals surface area contributed by atoms with Crippen LogP contribution < -0.4 is 15.2 Å². The summed E-state index contributed by atoms with van der Waals surface area (Å²) in [6.45, 7) is 0.205. The average Bonchev–Trinajstić information content (AvgIpc) is 2.81. The molecule has 0 aromatic heterocycles. The van der Waals surface area contributed by atoms with Crippen molar-refractivity contribution in [1.29, 1.82) is 0 Å². The molecule has 0 saturated heterocycles. The number of hydrogen-bond acceptors (Lipinski definition) is 3. The first-order valence-corrected chi connectivity index (χ1v) is 6.18. The van der Waals surface area contributed by atoms with Gasteiger partial charge in [0.2, 0.25) is 0 Å². The van der Waals surface area contributed by atoms with E-state index < -0.39 is 6.29 Å². The predicted molar refractivity (Wildman–Crippen MR) is 70.9 cm³/mol. The van der Waals surface area contributed by atoms with Crippen LogP contribution >= 0.6 is 11.6 Å². The first kappa shape index (κ1) is 12.3. The van der Waals surface area contributed by atoms with Crippen LogP contribution in [0.15, 0.2) is 36.4 Å². The maximum Gasteiger partial charge on any atom is 0.253 e. The molecular weight excluding hydrogens is 269 g/mol. The van der Waals surface area contributed by atoms with Crippen LogP contribution in [0.1, 0.15) is 0 Å². The molecule has 2 N–H and O–H groups in total. The van der Waals surface area contributed by atoms with Crippen molar-refractivity contribution in [2.45, 2.75) is 6.29 Å². The molecule has 1 unspecified atom stereocenters. The number of halogens is 2. The summed E-state index contributed by atoms with van der Waals surface area (Å²) in [4.78, 5) is 0. The summed E-state index contributed by atoms with van der Waals surface area (Å²) in [6, 6.07) is 9.79. The molecule has 0 spiro atoms. The van der Waals surface area contributed by atoms with Gasteiger partial charge in [-0.05, 0) is 23.8 Å². The quantitative estimate of drug-likeness (QED) is 0.918. The highest BCUT2D eigenvalue weighted by Gasteiger charge is 2.27. The second kappa shape index (κ2) is 4.72. The summed E-state index contributed by atoms with van der Waals surface area (Å²) in [5.41, 5.74) is 6.93. The summed E-state index contributed by atoms with van der Waals surface area (Å²) in [5.74, 6) is 0.504. The Kier molecular flexibility index (Phi) is 3.05. The second-order valence-corrected chi connectivity index (χ2v) is 4.62. The van der Waals surface area contributed by atoms with E-state index in [9.17, 15) is 4.39 Å². The van der Waals surface area contributed by atoms with Gasteiger partial charge in [0.1, 0.15) is 5.82 Å². The highest BCUT2D eigenvalue weighted by molar-refractivity contribution is 6.30. The highest BCUT2D eigenvalue weighted by atomic mass is 35.5. The van der Waals surface area contributed by atoms with Crippen LogP contribution in [0.4, 0.5) is 4.39 Å². The van der Waals surface area contributed by atoms with E-state index in [0.29, 0.717) is 22.1 Å². The zero-order valence-electron chi connectivity index (χ0n) is 9.90. The molecule has 0 fully saturated rings. The van der Waals surface area contributed by atoms with E-state index in [1.165, 1.54) is 12.1 Å². The van der Waals surface area contributed by atoms with Crippen LogP contribution in [0.3, 0.4) is 0 Å². The van der Waals surface area contributed by atoms with Gasteiger partial charge in [0, 0.05) is 16.7 Å². The molecule has 0 saturated carbocycles. The first-order chi connectivity index (χ1) is 9.17. The Hall–Kier alpha value is -1.78. The SMILES string of the molecule is NCC1Oc2cc(F)cc(-c3ccc(Cl)cc3)c2O1. The summed E-state index contributed by atoms with van der Waals surface area (Å²) < 4.78 is 24.6. The third-order valence-corrected chi connectivity index (χ3v) is 3.13. The van der Waals surface area contributed by atoms with Crippen molar-refractivity contribution in [3.05, 3.63) is 47.2 Å². The van der Waals surface area contributed by atoms with Crippen molar-refractivity contribution in [1.82, 2.24) is 0 Å². The fourth-order valence-electron chi connectivity index (χ4n) is 2.01. The summed E-state index contributed by atoms with van der Waals surface area (Å²) >= 11 is 5.85. The van der Waals surface area contributed by atoms with Gasteiger partial charge in [-0.25, -0.2) is 4.39 Å². The molecule has 0 aliphatic carbocycles. The zero-order chi connectivity index (χ0) is 13.4. The number of ether oxygens (including phenoxy) is 2. The number of nitrogens with two attached hydrogens (primary N) is 1. The van der Waals surface area contributed by atoms with Crippen LogP contribution in [0.2, 0.25) is 5.02 Å². The normalized spacial score (nSPS) is 16.7. The van der Waals surface area contributed by atoms with Crippen LogP contribution in [-0.4, -0.2) is 12.8 Å². The first-order valence-electron chi connectivity index (χ1n) is 5.80. The maximum atomic E-state index is 13.6. The highest BCUT2D eigenvalue weighted by Crippen LogP contribution is 2.43. The Labute approximate surface area is 114 Å². The number of fused-ring (bicyclic) bond motifs is 1. The van der Waals surface area contributed by atoms with Gasteiger partial charge < -0.3 is 15.2 Å². The molecular formula is C14H11ClFNO2. The molecule has 2 aromatic rings. The lowest BCUT2D eigenvalue weighted by molar-refractivity contribution is 0.0582. The van der Waals surface area contributed by atoms with Gasteiger partial charge in [-0.2, -0.15) is 0 Å². The minimum atomic E-state index is -0.567. The average molecular weight is 280 g/mol. The minimum Gasteiger partial charge on any atom is -0.449 e. The van der Waals surface area contributed by atoms with E-state index in [1.54, 1.807) is 24.3 Å². The molecule has 3 rings (SSSR count). The molecule has 5 heteroatoms. The Morgan fingerprint density at radius 1 is 1.16 bits per heavy atom. The lowest BCUT2D eigenvalue weighted by atomic mass is 10.0. The van der Waals surface area contributed by atoms with Gasteiger partial charge in [0.15, 0.2) is 11.5 Å². The van der Waals surface area contributed by atoms with Crippen molar-refractivity contribution < 1.29 is 13.9 Å². The molecule has 1 aliphatic heterocycles. The molecule has 3 nitrogen and oxygen atoms in total. The molecule has 19 heavy (non-hydrogen) atoms. The van der Waals surface area contributed by atoms with Crippen molar-refractivity contribution in [3.8, 4) is 22.6 Å². The minimum absolute atomic E-state index is 0.205. The van der Waals surface area contributed by atoms with Crippen molar-refractivity contribution in [2.24, 2.45) is 5.73 Å². The fourth-order valence-corrected chi connectivity index (χ4v) is 2.14. The smallest absolute Gasteiger partial charge is 0.253 e. The van der Waals surface area contributed by atoms with E-state index in [0.717, 1.165) is 5.56 Å². The number of benzene rings is 2. The molecule has 0 amide bonds. The maximum absolute atomic E-state index is 13.6. The number of rotatable bonds is 2. The van der Waals surface area contributed by atoms with E-state index in [4.69, 9.17) is 26.8 Å². The Morgan fingerprint density at radius 3 is 2.58 bits per heavy atom. The molecule has 1 heterocycles. The fraction of sp³-hybridized carbons (Fsp3) is 0.143. The van der Waals surface area contributed by atoms with Gasteiger partial charge in [-0.15, -0.1) is 0 Å². The lowest BCUT2D eigenvalue weighted by Gasteiger charge is -2.08. The van der Waals surface area contributed by atoms with Gasteiger partial charge in [-0.1, -0.05) is 23.7 Å². The van der Waals surface area contributed by atoms with Crippen LogP contribution in [-0.2, 0) is 0 Å². The molecule has 0 radical (unpaired) electrons. The molecule has 1 atom stereocenters. The second-order valence-electron chi connectivity index (χ2n) is 4.19. The molecule has 1 aliphatic rings. The Balaban J connectivity index is 2.10. The Bertz CT molecular complexity index is 616. The van der Waals surface area contributed by atoms with E-state index >= 15 is 0 Å². The topological polar surface area (TPSA) is 44.5 Å². The summed E-state index contributed by atoms with van der Waals surface area (Å²) in [5, 5.41) is 0.619. The van der Waals surface area contributed by atoms with Gasteiger partial charge in [0.05, 0.1) is 6.54 Å². The number of hydrogen-bond donors (Lipinski definition) is 1. The van der Waals surface area contributed by atoms with Gasteiger partial charge in [0.25, 0.3) is 6.29 Å². The summed E-state index contributed by atoms with van der Waals surface area (Å²) in [7, 11) is 0. The standard InChI is InChI=1S/C14H11ClFNO2/c15-9-3-1-8(2-4-9)11-5-10(16)6-12-14(11)19-13(7-17)18-12/h1-6,13H,7,17H2. The van der Waals surface area contributed by atoms with Crippen molar-refractivity contribution in [3.63, 3.8) is 0 Å². The van der Waals surface area contributed by atoms with Crippen molar-refractivity contribution >= 4 is 11.6 Å². The van der Waals surface area contributed by atoms with Crippen LogP contribution in [0.5, 0.6) is 11.5 Å². The Morgan fingerprint density at radius 2 is 1.89 bits per heavy atom. The third kappa shape index (κ3) is 2.25. The van der Waals surface area contributed by atoms with E-state index in [-0.39, 0.29) is 12.4 Å². The van der Waals surface area contributed by atoms with Gasteiger partial charge in [-0.3, -0.25) is 0 Å². The van der Waals surface area contributed by atoms with Gasteiger partial charge >= 0.3 is 0 Å². The largest absolute Gasteiger partial charge is 0.449 e. The zero-order valence-corrected chi connectivity index (χ0v) is 10.7. The monoisotopic (exact) mass is 279 g/mol. The molecule has 0 bridgehead atoms. The van der Waals surface area contributed by atoms with E-state index in [2.05, 4.69) is 0 Å².